The van der Waals surface area contributed by atoms with Gasteiger partial charge in [-0.15, -0.1) is 0 Å². The molecular weight excluding hydrogens is 239 g/mol. The molecule has 0 unspecified atom stereocenters. The van der Waals surface area contributed by atoms with Crippen molar-refractivity contribution < 1.29 is 9.50 Å². The van der Waals surface area contributed by atoms with E-state index in [0.29, 0.717) is 22.9 Å². The fraction of sp³-hybridized carbons (Fsp3) is 0.571. The fourth-order valence-corrected chi connectivity index (χ4v) is 2.70. The number of benzene rings is 1. The van der Waals surface area contributed by atoms with Gasteiger partial charge in [0.15, 0.2) is 0 Å². The first-order valence-corrected chi connectivity index (χ1v) is 6.53. The van der Waals surface area contributed by atoms with Gasteiger partial charge in [-0.05, 0) is 55.4 Å². The average molecular weight is 257 g/mol. The van der Waals surface area contributed by atoms with Crippen molar-refractivity contribution in [3.05, 3.63) is 34.6 Å². The van der Waals surface area contributed by atoms with Crippen LogP contribution in [0.3, 0.4) is 0 Å². The van der Waals surface area contributed by atoms with Crippen molar-refractivity contribution in [1.82, 2.24) is 0 Å². The Bertz CT molecular complexity index is 397. The van der Waals surface area contributed by atoms with Gasteiger partial charge in [0, 0.05) is 11.4 Å². The van der Waals surface area contributed by atoms with E-state index in [4.69, 9.17) is 11.6 Å². The highest BCUT2D eigenvalue weighted by atomic mass is 35.5. The van der Waals surface area contributed by atoms with Crippen LogP contribution >= 0.6 is 11.6 Å². The van der Waals surface area contributed by atoms with Gasteiger partial charge in [-0.3, -0.25) is 0 Å². The van der Waals surface area contributed by atoms with Gasteiger partial charge in [0.05, 0.1) is 5.60 Å². The average Bonchev–Trinajstić information content (AvgIpc) is 2.28. The molecule has 0 spiro atoms. The molecule has 0 amide bonds. The Morgan fingerprint density at radius 2 is 2.06 bits per heavy atom. The molecule has 0 aromatic heterocycles. The Balaban J connectivity index is 2.12. The van der Waals surface area contributed by atoms with Crippen LogP contribution in [0.2, 0.25) is 5.02 Å². The molecule has 1 aromatic carbocycles. The van der Waals surface area contributed by atoms with Gasteiger partial charge in [-0.1, -0.05) is 18.5 Å². The fourth-order valence-electron chi connectivity index (χ4n) is 2.51. The molecule has 1 aliphatic rings. The van der Waals surface area contributed by atoms with Crippen molar-refractivity contribution in [2.75, 3.05) is 0 Å². The molecule has 1 saturated carbocycles. The van der Waals surface area contributed by atoms with Crippen LogP contribution in [0.25, 0.3) is 0 Å². The Morgan fingerprint density at radius 1 is 1.41 bits per heavy atom. The molecule has 0 radical (unpaired) electrons. The highest BCUT2D eigenvalue weighted by molar-refractivity contribution is 6.30. The zero-order chi connectivity index (χ0) is 12.5. The summed E-state index contributed by atoms with van der Waals surface area (Å²) in [5, 5.41) is 11.0. The van der Waals surface area contributed by atoms with Gasteiger partial charge in [0.1, 0.15) is 5.82 Å². The monoisotopic (exact) mass is 256 g/mol. The third-order valence-electron chi connectivity index (χ3n) is 3.73. The van der Waals surface area contributed by atoms with Gasteiger partial charge in [0.25, 0.3) is 0 Å². The second-order valence-corrected chi connectivity index (χ2v) is 5.76. The van der Waals surface area contributed by atoms with Crippen molar-refractivity contribution in [3.63, 3.8) is 0 Å². The normalized spacial score (nSPS) is 29.3. The summed E-state index contributed by atoms with van der Waals surface area (Å²) in [5.41, 5.74) is -0.229. The van der Waals surface area contributed by atoms with Gasteiger partial charge >= 0.3 is 0 Å². The quantitative estimate of drug-likeness (QED) is 0.849. The highest BCUT2D eigenvalue weighted by Gasteiger charge is 2.32. The van der Waals surface area contributed by atoms with Crippen LogP contribution in [-0.4, -0.2) is 10.7 Å². The topological polar surface area (TPSA) is 20.2 Å². The van der Waals surface area contributed by atoms with Crippen LogP contribution in [-0.2, 0) is 6.42 Å². The lowest BCUT2D eigenvalue weighted by Crippen LogP contribution is -2.36. The Labute approximate surface area is 107 Å². The van der Waals surface area contributed by atoms with Crippen molar-refractivity contribution in [2.24, 2.45) is 5.92 Å². The SMILES string of the molecule is CC1CCC(O)(Cc2cc(Cl)ccc2F)CC1. The maximum Gasteiger partial charge on any atom is 0.126 e. The van der Waals surface area contributed by atoms with Crippen LogP contribution in [0, 0.1) is 11.7 Å². The lowest BCUT2D eigenvalue weighted by molar-refractivity contribution is -0.00730. The predicted molar refractivity (Wildman–Crippen MR) is 67.7 cm³/mol. The molecule has 1 aromatic rings. The smallest absolute Gasteiger partial charge is 0.126 e. The van der Waals surface area contributed by atoms with Crippen LogP contribution in [0.5, 0.6) is 0 Å². The highest BCUT2D eigenvalue weighted by Crippen LogP contribution is 2.35. The van der Waals surface area contributed by atoms with Gasteiger partial charge in [0.2, 0.25) is 0 Å². The lowest BCUT2D eigenvalue weighted by atomic mass is 9.76. The number of rotatable bonds is 2. The predicted octanol–water partition coefficient (Wildman–Crippen LogP) is 3.96. The van der Waals surface area contributed by atoms with Crippen LogP contribution in [0.15, 0.2) is 18.2 Å². The first kappa shape index (κ1) is 12.8. The summed E-state index contributed by atoms with van der Waals surface area (Å²) in [5.74, 6) is 0.390. The molecular formula is C14H18ClFO. The third-order valence-corrected chi connectivity index (χ3v) is 3.97. The molecule has 0 atom stereocenters. The molecule has 94 valence electrons. The molecule has 1 nitrogen and oxygen atoms in total. The van der Waals surface area contributed by atoms with E-state index in [0.717, 1.165) is 25.7 Å². The largest absolute Gasteiger partial charge is 0.390 e. The maximum atomic E-state index is 13.6. The first-order valence-electron chi connectivity index (χ1n) is 6.15. The minimum Gasteiger partial charge on any atom is -0.390 e. The summed E-state index contributed by atoms with van der Waals surface area (Å²) in [6.45, 7) is 2.19. The van der Waals surface area contributed by atoms with E-state index >= 15 is 0 Å². The summed E-state index contributed by atoms with van der Waals surface area (Å²) in [7, 11) is 0. The Kier molecular flexibility index (Phi) is 3.74. The van der Waals surface area contributed by atoms with E-state index < -0.39 is 5.60 Å². The van der Waals surface area contributed by atoms with E-state index in [1.807, 2.05) is 0 Å². The number of aliphatic hydroxyl groups is 1. The molecule has 1 N–H and O–H groups in total. The summed E-state index contributed by atoms with van der Waals surface area (Å²) in [6, 6.07) is 4.52. The van der Waals surface area contributed by atoms with E-state index in [-0.39, 0.29) is 5.82 Å². The lowest BCUT2D eigenvalue weighted by Gasteiger charge is -2.35. The Hall–Kier alpha value is -0.600. The van der Waals surface area contributed by atoms with Crippen molar-refractivity contribution in [3.8, 4) is 0 Å². The number of hydrogen-bond acceptors (Lipinski definition) is 1. The van der Waals surface area contributed by atoms with Crippen molar-refractivity contribution in [2.45, 2.75) is 44.6 Å². The summed E-state index contributed by atoms with van der Waals surface area (Å²) >= 11 is 5.85. The molecule has 0 saturated heterocycles. The molecule has 2 rings (SSSR count). The molecule has 1 aliphatic carbocycles. The first-order chi connectivity index (χ1) is 7.98. The zero-order valence-electron chi connectivity index (χ0n) is 10.0. The number of halogens is 2. The third kappa shape index (κ3) is 3.20. The molecule has 0 bridgehead atoms. The maximum absolute atomic E-state index is 13.6. The molecule has 3 heteroatoms. The second-order valence-electron chi connectivity index (χ2n) is 5.32. The molecule has 0 aliphatic heterocycles. The standard InChI is InChI=1S/C14H18ClFO/c1-10-4-6-14(17,7-5-10)9-11-8-12(15)2-3-13(11)16/h2-3,8,10,17H,4-7,9H2,1H3. The Morgan fingerprint density at radius 3 is 2.71 bits per heavy atom. The van der Waals surface area contributed by atoms with Gasteiger partial charge in [-0.25, -0.2) is 4.39 Å². The summed E-state index contributed by atoms with van der Waals surface area (Å²) < 4.78 is 13.6. The summed E-state index contributed by atoms with van der Waals surface area (Å²) in [6.07, 6.45) is 3.89. The summed E-state index contributed by atoms with van der Waals surface area (Å²) in [4.78, 5) is 0. The van der Waals surface area contributed by atoms with Crippen molar-refractivity contribution >= 4 is 11.6 Å². The minimum atomic E-state index is -0.752. The molecule has 1 fully saturated rings. The molecule has 0 heterocycles. The van der Waals surface area contributed by atoms with Crippen LogP contribution < -0.4 is 0 Å². The molecule has 17 heavy (non-hydrogen) atoms. The van der Waals surface area contributed by atoms with Crippen LogP contribution in [0.1, 0.15) is 38.2 Å². The number of hydrogen-bond donors (Lipinski definition) is 1. The van der Waals surface area contributed by atoms with E-state index in [2.05, 4.69) is 6.92 Å². The minimum absolute atomic E-state index is 0.276. The zero-order valence-corrected chi connectivity index (χ0v) is 10.8. The van der Waals surface area contributed by atoms with Gasteiger partial charge in [-0.2, -0.15) is 0 Å². The van der Waals surface area contributed by atoms with E-state index in [1.54, 1.807) is 6.07 Å². The van der Waals surface area contributed by atoms with Gasteiger partial charge < -0.3 is 5.11 Å². The van der Waals surface area contributed by atoms with Crippen molar-refractivity contribution in [1.29, 1.82) is 0 Å². The van der Waals surface area contributed by atoms with E-state index in [9.17, 15) is 9.50 Å². The van der Waals surface area contributed by atoms with E-state index in [1.165, 1.54) is 12.1 Å². The second kappa shape index (κ2) is 4.95. The van der Waals surface area contributed by atoms with Crippen LogP contribution in [0.4, 0.5) is 4.39 Å².